The first kappa shape index (κ1) is 16.8. The molecule has 0 aromatic heterocycles. The number of rotatable bonds is 4. The van der Waals surface area contributed by atoms with E-state index in [0.29, 0.717) is 6.54 Å². The number of carboxylic acid groups (broad SMARTS) is 1. The smallest absolute Gasteiger partial charge is 0.329 e. The number of hydrogen-bond acceptors (Lipinski definition) is 3. The normalized spacial score (nSPS) is 17.9. The molecule has 116 valence electrons. The average molecular weight is 285 g/mol. The monoisotopic (exact) mass is 285 g/mol. The van der Waals surface area contributed by atoms with E-state index in [4.69, 9.17) is 0 Å². The minimum absolute atomic E-state index is 0.192. The van der Waals surface area contributed by atoms with Gasteiger partial charge in [-0.1, -0.05) is 0 Å². The topological polar surface area (TPSA) is 64.1 Å². The fraction of sp³-hybridized carbons (Fsp3) is 0.857. The minimum atomic E-state index is -1.19. The Bertz CT molecular complexity index is 363. The highest BCUT2D eigenvalue weighted by atomic mass is 16.4. The summed E-state index contributed by atoms with van der Waals surface area (Å²) in [4.78, 5) is 29.3. The highest BCUT2D eigenvalue weighted by Gasteiger charge is 2.39. The van der Waals surface area contributed by atoms with Crippen molar-refractivity contribution in [1.82, 2.24) is 14.7 Å². The van der Waals surface area contributed by atoms with Crippen LogP contribution in [0.25, 0.3) is 0 Å². The Kier molecular flexibility index (Phi) is 5.39. The van der Waals surface area contributed by atoms with Crippen molar-refractivity contribution in [2.75, 3.05) is 33.7 Å². The van der Waals surface area contributed by atoms with Crippen molar-refractivity contribution in [3.63, 3.8) is 0 Å². The van der Waals surface area contributed by atoms with Gasteiger partial charge in [0.15, 0.2) is 0 Å². The average Bonchev–Trinajstić information content (AvgIpc) is 2.39. The molecule has 1 aliphatic rings. The predicted octanol–water partition coefficient (Wildman–Crippen LogP) is 1.32. The Balaban J connectivity index is 2.78. The third-order valence-electron chi connectivity index (χ3n) is 4.28. The molecule has 1 heterocycles. The number of piperidine rings is 1. The molecular formula is C14H27N3O3. The fourth-order valence-electron chi connectivity index (χ4n) is 2.61. The van der Waals surface area contributed by atoms with E-state index in [-0.39, 0.29) is 12.1 Å². The maximum Gasteiger partial charge on any atom is 0.329 e. The molecule has 0 saturated carbocycles. The van der Waals surface area contributed by atoms with E-state index in [0.717, 1.165) is 25.9 Å². The van der Waals surface area contributed by atoms with Gasteiger partial charge < -0.3 is 19.8 Å². The Morgan fingerprint density at radius 2 is 1.80 bits per heavy atom. The van der Waals surface area contributed by atoms with E-state index >= 15 is 0 Å². The predicted molar refractivity (Wildman–Crippen MR) is 77.8 cm³/mol. The Morgan fingerprint density at radius 3 is 2.20 bits per heavy atom. The van der Waals surface area contributed by atoms with Crippen LogP contribution >= 0.6 is 0 Å². The number of carbonyl (C=O) groups is 2. The van der Waals surface area contributed by atoms with Crippen LogP contribution in [0.2, 0.25) is 0 Å². The van der Waals surface area contributed by atoms with Crippen LogP contribution in [-0.2, 0) is 4.79 Å². The largest absolute Gasteiger partial charge is 0.480 e. The van der Waals surface area contributed by atoms with Gasteiger partial charge in [0, 0.05) is 19.6 Å². The Hall–Kier alpha value is -1.30. The fourth-order valence-corrected chi connectivity index (χ4v) is 2.61. The van der Waals surface area contributed by atoms with E-state index < -0.39 is 11.5 Å². The second kappa shape index (κ2) is 6.43. The van der Waals surface area contributed by atoms with Crippen molar-refractivity contribution in [1.29, 1.82) is 0 Å². The van der Waals surface area contributed by atoms with E-state index in [9.17, 15) is 14.7 Å². The molecule has 0 spiro atoms. The van der Waals surface area contributed by atoms with E-state index in [1.54, 1.807) is 25.8 Å². The number of carboxylic acids is 1. The Morgan fingerprint density at radius 1 is 1.30 bits per heavy atom. The first-order chi connectivity index (χ1) is 9.21. The van der Waals surface area contributed by atoms with Gasteiger partial charge in [-0.05, 0) is 53.8 Å². The maximum absolute atomic E-state index is 12.6. The third-order valence-corrected chi connectivity index (χ3v) is 4.28. The molecule has 6 heteroatoms. The number of nitrogens with zero attached hydrogens (tertiary/aromatic N) is 3. The van der Waals surface area contributed by atoms with Gasteiger partial charge >= 0.3 is 12.0 Å². The van der Waals surface area contributed by atoms with Crippen LogP contribution in [0.5, 0.6) is 0 Å². The molecule has 0 aliphatic carbocycles. The molecule has 1 N–H and O–H groups in total. The molecule has 6 nitrogen and oxygen atoms in total. The number of urea groups is 1. The highest BCUT2D eigenvalue weighted by Crippen LogP contribution is 2.20. The number of carbonyl (C=O) groups excluding carboxylic acids is 1. The van der Waals surface area contributed by atoms with Crippen LogP contribution in [0.4, 0.5) is 4.79 Å². The van der Waals surface area contributed by atoms with Gasteiger partial charge in [-0.25, -0.2) is 9.59 Å². The summed E-state index contributed by atoms with van der Waals surface area (Å²) in [7, 11) is 3.85. The van der Waals surface area contributed by atoms with Crippen LogP contribution in [0, 0.1) is 0 Å². The zero-order valence-corrected chi connectivity index (χ0v) is 13.2. The standard InChI is InChI=1S/C14H27N3O3/c1-6-17(14(2,3)12(18)19)13(20)16(5)11-7-9-15(4)10-8-11/h11H,6-10H2,1-5H3,(H,18,19). The van der Waals surface area contributed by atoms with Gasteiger partial charge in [0.2, 0.25) is 0 Å². The summed E-state index contributed by atoms with van der Waals surface area (Å²) < 4.78 is 0. The quantitative estimate of drug-likeness (QED) is 0.846. The third kappa shape index (κ3) is 3.42. The zero-order chi connectivity index (χ0) is 15.5. The second-order valence-electron chi connectivity index (χ2n) is 6.04. The maximum atomic E-state index is 12.6. The van der Waals surface area contributed by atoms with Gasteiger partial charge in [-0.2, -0.15) is 0 Å². The summed E-state index contributed by atoms with van der Waals surface area (Å²) in [5.41, 5.74) is -1.19. The lowest BCUT2D eigenvalue weighted by Gasteiger charge is -2.41. The van der Waals surface area contributed by atoms with Crippen molar-refractivity contribution in [3.8, 4) is 0 Å². The number of aliphatic carboxylic acids is 1. The lowest BCUT2D eigenvalue weighted by atomic mass is 10.0. The lowest BCUT2D eigenvalue weighted by molar-refractivity contribution is -0.147. The van der Waals surface area contributed by atoms with Gasteiger partial charge in [0.1, 0.15) is 5.54 Å². The summed E-state index contributed by atoms with van der Waals surface area (Å²) in [6, 6.07) is -0.00759. The molecule has 1 rings (SSSR count). The number of amides is 2. The van der Waals surface area contributed by atoms with Crippen molar-refractivity contribution in [3.05, 3.63) is 0 Å². The van der Waals surface area contributed by atoms with Crippen LogP contribution in [0.3, 0.4) is 0 Å². The zero-order valence-electron chi connectivity index (χ0n) is 13.2. The summed E-state index contributed by atoms with van der Waals surface area (Å²) in [5.74, 6) is -0.982. The first-order valence-electron chi connectivity index (χ1n) is 7.18. The SMILES string of the molecule is CCN(C(=O)N(C)C1CCN(C)CC1)C(C)(C)C(=O)O. The Labute approximate surface area is 121 Å². The van der Waals surface area contributed by atoms with E-state index in [1.807, 2.05) is 6.92 Å². The molecule has 0 aromatic carbocycles. The summed E-state index contributed by atoms with van der Waals surface area (Å²) in [5, 5.41) is 9.30. The molecule has 0 aromatic rings. The van der Waals surface area contributed by atoms with E-state index in [2.05, 4.69) is 11.9 Å². The molecule has 20 heavy (non-hydrogen) atoms. The number of hydrogen-bond donors (Lipinski definition) is 1. The molecule has 0 bridgehead atoms. The molecule has 1 aliphatic heterocycles. The lowest BCUT2D eigenvalue weighted by Crippen LogP contribution is -2.58. The van der Waals surface area contributed by atoms with Crippen LogP contribution < -0.4 is 0 Å². The van der Waals surface area contributed by atoms with Crippen molar-refractivity contribution < 1.29 is 14.7 Å². The number of likely N-dealkylation sites (tertiary alicyclic amines) is 1. The molecule has 1 fully saturated rings. The molecule has 0 unspecified atom stereocenters. The van der Waals surface area contributed by atoms with Crippen molar-refractivity contribution in [2.45, 2.75) is 45.2 Å². The van der Waals surface area contributed by atoms with E-state index in [1.165, 1.54) is 4.90 Å². The van der Waals surface area contributed by atoms with Gasteiger partial charge in [0.25, 0.3) is 0 Å². The number of likely N-dealkylation sites (N-methyl/N-ethyl adjacent to an activating group) is 1. The van der Waals surface area contributed by atoms with Crippen molar-refractivity contribution in [2.24, 2.45) is 0 Å². The first-order valence-corrected chi connectivity index (χ1v) is 7.18. The van der Waals surface area contributed by atoms with Gasteiger partial charge in [0.05, 0.1) is 0 Å². The van der Waals surface area contributed by atoms with Crippen LogP contribution in [-0.4, -0.2) is 77.1 Å². The van der Waals surface area contributed by atoms with Crippen LogP contribution in [0.15, 0.2) is 0 Å². The van der Waals surface area contributed by atoms with Crippen molar-refractivity contribution >= 4 is 12.0 Å². The molecule has 2 amide bonds. The highest BCUT2D eigenvalue weighted by molar-refractivity contribution is 5.85. The van der Waals surface area contributed by atoms with Gasteiger partial charge in [-0.3, -0.25) is 0 Å². The molecule has 1 saturated heterocycles. The van der Waals surface area contributed by atoms with Gasteiger partial charge in [-0.15, -0.1) is 0 Å². The molecule has 0 radical (unpaired) electrons. The molecular weight excluding hydrogens is 258 g/mol. The molecule has 0 atom stereocenters. The summed E-state index contributed by atoms with van der Waals surface area (Å²) >= 11 is 0. The summed E-state index contributed by atoms with van der Waals surface area (Å²) in [6.45, 7) is 7.27. The minimum Gasteiger partial charge on any atom is -0.480 e. The second-order valence-corrected chi connectivity index (χ2v) is 6.04. The van der Waals surface area contributed by atoms with Crippen LogP contribution in [0.1, 0.15) is 33.6 Å². The summed E-state index contributed by atoms with van der Waals surface area (Å²) in [6.07, 6.45) is 1.87.